The number of rotatable bonds is 3. The third kappa shape index (κ3) is 2.92. The van der Waals surface area contributed by atoms with Crippen molar-refractivity contribution < 1.29 is 18.8 Å². The lowest BCUT2D eigenvalue weighted by Gasteiger charge is -2.32. The van der Waals surface area contributed by atoms with E-state index in [9.17, 15) is 4.79 Å². The molecule has 0 radical (unpaired) electrons. The van der Waals surface area contributed by atoms with E-state index < -0.39 is 13.1 Å². The predicted octanol–water partition coefficient (Wildman–Crippen LogP) is 2.71. The van der Waals surface area contributed by atoms with Gasteiger partial charge in [-0.25, -0.2) is 9.78 Å². The van der Waals surface area contributed by atoms with E-state index in [1.54, 1.807) is 13.0 Å². The van der Waals surface area contributed by atoms with E-state index in [4.69, 9.17) is 14.0 Å². The molecule has 126 valence electrons. The summed E-state index contributed by atoms with van der Waals surface area (Å²) in [7, 11) is -0.413. The Balaban J connectivity index is 1.90. The molecule has 6 heteroatoms. The van der Waals surface area contributed by atoms with Gasteiger partial charge < -0.3 is 14.0 Å². The van der Waals surface area contributed by atoms with E-state index in [0.717, 1.165) is 16.4 Å². The summed E-state index contributed by atoms with van der Waals surface area (Å²) in [6, 6.07) is 9.32. The van der Waals surface area contributed by atoms with Crippen LogP contribution in [0.1, 0.15) is 45.1 Å². The maximum atomic E-state index is 11.8. The summed E-state index contributed by atoms with van der Waals surface area (Å²) in [5.41, 5.74) is 1.23. The standard InChI is InChI=1S/C18H22BNO4/c1-6-22-16(21)15-9-7-12-11-13(8-10-14(12)20-15)19-23-17(2,3)18(4,5)24-19/h7-11H,6H2,1-5H3. The molecule has 1 fully saturated rings. The molecule has 0 atom stereocenters. The molecular weight excluding hydrogens is 305 g/mol. The van der Waals surface area contributed by atoms with Gasteiger partial charge in [0.15, 0.2) is 0 Å². The molecule has 1 aromatic carbocycles. The van der Waals surface area contributed by atoms with Crippen molar-refractivity contribution in [2.45, 2.75) is 45.8 Å². The molecule has 1 aliphatic rings. The summed E-state index contributed by atoms with van der Waals surface area (Å²) < 4.78 is 17.1. The van der Waals surface area contributed by atoms with Crippen molar-refractivity contribution in [3.8, 4) is 0 Å². The highest BCUT2D eigenvalue weighted by Gasteiger charge is 2.51. The topological polar surface area (TPSA) is 57.7 Å². The van der Waals surface area contributed by atoms with Crippen LogP contribution in [0.5, 0.6) is 0 Å². The van der Waals surface area contributed by atoms with Crippen LogP contribution in [-0.2, 0) is 14.0 Å². The fraction of sp³-hybridized carbons (Fsp3) is 0.444. The number of esters is 1. The first kappa shape index (κ1) is 16.9. The van der Waals surface area contributed by atoms with Crippen LogP contribution in [0.3, 0.4) is 0 Å². The number of nitrogens with zero attached hydrogens (tertiary/aromatic N) is 1. The number of hydrogen-bond donors (Lipinski definition) is 0. The van der Waals surface area contributed by atoms with Crippen LogP contribution in [0.4, 0.5) is 0 Å². The molecule has 1 aliphatic heterocycles. The highest BCUT2D eigenvalue weighted by atomic mass is 16.7. The molecular formula is C18H22BNO4. The van der Waals surface area contributed by atoms with Crippen molar-refractivity contribution in [3.05, 3.63) is 36.0 Å². The van der Waals surface area contributed by atoms with E-state index in [0.29, 0.717) is 12.3 Å². The molecule has 2 heterocycles. The number of carbonyl (C=O) groups is 1. The maximum absolute atomic E-state index is 11.8. The smallest absolute Gasteiger partial charge is 0.461 e. The van der Waals surface area contributed by atoms with Crippen molar-refractivity contribution in [2.24, 2.45) is 0 Å². The van der Waals surface area contributed by atoms with E-state index in [1.165, 1.54) is 0 Å². The van der Waals surface area contributed by atoms with Gasteiger partial charge in [-0.3, -0.25) is 0 Å². The molecule has 24 heavy (non-hydrogen) atoms. The number of aromatic nitrogens is 1. The van der Waals surface area contributed by atoms with Gasteiger partial charge in [0.05, 0.1) is 23.3 Å². The zero-order valence-corrected chi connectivity index (χ0v) is 14.8. The van der Waals surface area contributed by atoms with Crippen LogP contribution in [0.2, 0.25) is 0 Å². The fourth-order valence-electron chi connectivity index (χ4n) is 2.59. The molecule has 0 saturated carbocycles. The van der Waals surface area contributed by atoms with Crippen molar-refractivity contribution in [1.29, 1.82) is 0 Å². The van der Waals surface area contributed by atoms with Crippen molar-refractivity contribution in [3.63, 3.8) is 0 Å². The van der Waals surface area contributed by atoms with Gasteiger partial charge in [0.25, 0.3) is 0 Å². The monoisotopic (exact) mass is 327 g/mol. The molecule has 0 bridgehead atoms. The molecule has 1 aromatic heterocycles. The first-order valence-electron chi connectivity index (χ1n) is 8.17. The molecule has 1 saturated heterocycles. The van der Waals surface area contributed by atoms with E-state index >= 15 is 0 Å². The Labute approximate surface area is 142 Å². The second kappa shape index (κ2) is 5.86. The SMILES string of the molecule is CCOC(=O)c1ccc2cc(B3OC(C)(C)C(C)(C)O3)ccc2n1. The first-order chi connectivity index (χ1) is 11.2. The van der Waals surface area contributed by atoms with Crippen LogP contribution in [0.15, 0.2) is 30.3 Å². The van der Waals surface area contributed by atoms with Crippen LogP contribution in [0.25, 0.3) is 10.9 Å². The maximum Gasteiger partial charge on any atom is 0.494 e. The van der Waals surface area contributed by atoms with Crippen LogP contribution in [-0.4, -0.2) is 35.9 Å². The number of benzene rings is 1. The largest absolute Gasteiger partial charge is 0.494 e. The average Bonchev–Trinajstić information content (AvgIpc) is 2.74. The van der Waals surface area contributed by atoms with Gasteiger partial charge in [0, 0.05) is 0 Å². The summed E-state index contributed by atoms with van der Waals surface area (Å²) in [5.74, 6) is -0.408. The zero-order valence-electron chi connectivity index (χ0n) is 14.8. The van der Waals surface area contributed by atoms with Gasteiger partial charge >= 0.3 is 13.1 Å². The van der Waals surface area contributed by atoms with Gasteiger partial charge in [-0.15, -0.1) is 0 Å². The summed E-state index contributed by atoms with van der Waals surface area (Å²) in [5, 5.41) is 0.926. The lowest BCUT2D eigenvalue weighted by Crippen LogP contribution is -2.41. The number of ether oxygens (including phenoxy) is 1. The minimum Gasteiger partial charge on any atom is -0.461 e. The fourth-order valence-corrected chi connectivity index (χ4v) is 2.59. The van der Waals surface area contributed by atoms with E-state index in [2.05, 4.69) is 4.98 Å². The molecule has 0 aliphatic carbocycles. The summed E-state index contributed by atoms with van der Waals surface area (Å²) in [6.45, 7) is 10.2. The molecule has 0 N–H and O–H groups in total. The van der Waals surface area contributed by atoms with Gasteiger partial charge in [0.2, 0.25) is 0 Å². The van der Waals surface area contributed by atoms with E-state index in [-0.39, 0.29) is 11.2 Å². The number of fused-ring (bicyclic) bond motifs is 1. The molecule has 0 amide bonds. The average molecular weight is 327 g/mol. The Morgan fingerprint density at radius 2 is 1.79 bits per heavy atom. The van der Waals surface area contributed by atoms with Gasteiger partial charge in [0.1, 0.15) is 5.69 Å². The second-order valence-corrected chi connectivity index (χ2v) is 6.96. The van der Waals surface area contributed by atoms with E-state index in [1.807, 2.05) is 52.0 Å². The lowest BCUT2D eigenvalue weighted by molar-refractivity contribution is 0.00578. The predicted molar refractivity (Wildman–Crippen MR) is 93.4 cm³/mol. The summed E-state index contributed by atoms with van der Waals surface area (Å²) >= 11 is 0. The summed E-state index contributed by atoms with van der Waals surface area (Å²) in [6.07, 6.45) is 0. The van der Waals surface area contributed by atoms with Gasteiger partial charge in [-0.1, -0.05) is 18.2 Å². The third-order valence-electron chi connectivity index (χ3n) is 4.72. The van der Waals surface area contributed by atoms with Crippen LogP contribution in [0, 0.1) is 0 Å². The van der Waals surface area contributed by atoms with Gasteiger partial charge in [-0.2, -0.15) is 0 Å². The summed E-state index contributed by atoms with van der Waals surface area (Å²) in [4.78, 5) is 16.1. The minimum absolute atomic E-state index is 0.313. The minimum atomic E-state index is -0.413. The molecule has 0 unspecified atom stereocenters. The highest BCUT2D eigenvalue weighted by Crippen LogP contribution is 2.36. The number of pyridine rings is 1. The van der Waals surface area contributed by atoms with Crippen molar-refractivity contribution >= 4 is 29.5 Å². The number of hydrogen-bond acceptors (Lipinski definition) is 5. The number of carbonyl (C=O) groups excluding carboxylic acids is 1. The normalized spacial score (nSPS) is 18.8. The quantitative estimate of drug-likeness (QED) is 0.641. The Hall–Kier alpha value is -1.92. The molecule has 0 spiro atoms. The second-order valence-electron chi connectivity index (χ2n) is 6.96. The first-order valence-corrected chi connectivity index (χ1v) is 8.17. The highest BCUT2D eigenvalue weighted by molar-refractivity contribution is 6.62. The van der Waals surface area contributed by atoms with Crippen molar-refractivity contribution in [2.75, 3.05) is 6.61 Å². The molecule has 2 aromatic rings. The van der Waals surface area contributed by atoms with Gasteiger partial charge in [-0.05, 0) is 57.6 Å². The Morgan fingerprint density at radius 1 is 1.12 bits per heavy atom. The van der Waals surface area contributed by atoms with Crippen molar-refractivity contribution in [1.82, 2.24) is 4.98 Å². The van der Waals surface area contributed by atoms with Crippen LogP contribution < -0.4 is 5.46 Å². The Morgan fingerprint density at radius 3 is 2.42 bits per heavy atom. The van der Waals surface area contributed by atoms with Crippen LogP contribution >= 0.6 is 0 Å². The molecule has 5 nitrogen and oxygen atoms in total. The molecule has 3 rings (SSSR count). The Bertz CT molecular complexity index is 772. The zero-order chi connectivity index (χ0) is 17.5. The lowest BCUT2D eigenvalue weighted by atomic mass is 9.78. The Kier molecular flexibility index (Phi) is 4.14. The third-order valence-corrected chi connectivity index (χ3v) is 4.72.